The zero-order valence-corrected chi connectivity index (χ0v) is 10.3. The molecule has 1 saturated carbocycles. The van der Waals surface area contributed by atoms with Crippen molar-refractivity contribution in [2.24, 2.45) is 5.73 Å². The van der Waals surface area contributed by atoms with Gasteiger partial charge in [0.2, 0.25) is 0 Å². The van der Waals surface area contributed by atoms with E-state index in [0.717, 1.165) is 12.5 Å². The van der Waals surface area contributed by atoms with E-state index >= 15 is 0 Å². The smallest absolute Gasteiger partial charge is 0.0507 e. The number of nitrogens with zero attached hydrogens (tertiary/aromatic N) is 1. The number of thiophene rings is 1. The van der Waals surface area contributed by atoms with Crippen LogP contribution in [0.2, 0.25) is 0 Å². The molecule has 2 rings (SSSR count). The van der Waals surface area contributed by atoms with Gasteiger partial charge in [-0.2, -0.15) is 11.3 Å². The summed E-state index contributed by atoms with van der Waals surface area (Å²) in [6.45, 7) is 2.17. The van der Waals surface area contributed by atoms with Gasteiger partial charge in [0, 0.05) is 12.1 Å². The van der Waals surface area contributed by atoms with Crippen LogP contribution in [0.15, 0.2) is 16.8 Å². The molecule has 84 valence electrons. The molecule has 0 spiro atoms. The Morgan fingerprint density at radius 2 is 2.33 bits per heavy atom. The fourth-order valence-corrected chi connectivity index (χ4v) is 2.85. The first-order chi connectivity index (χ1) is 7.24. The van der Waals surface area contributed by atoms with Crippen LogP contribution in [0.1, 0.15) is 37.8 Å². The number of hydrogen-bond donors (Lipinski definition) is 1. The molecule has 1 fully saturated rings. The Morgan fingerprint density at radius 1 is 1.60 bits per heavy atom. The second-order valence-electron chi connectivity index (χ2n) is 4.47. The molecule has 0 radical (unpaired) electrons. The van der Waals surface area contributed by atoms with Crippen LogP contribution < -0.4 is 5.73 Å². The van der Waals surface area contributed by atoms with Gasteiger partial charge in [-0.15, -0.1) is 0 Å². The standard InChI is InChI=1S/C12H20N2S/c1-3-11(13)12(9-6-7-15-8-9)14(2)10-4-5-10/h6-8,10-12H,3-5,13H2,1-2H3. The maximum absolute atomic E-state index is 6.24. The van der Waals surface area contributed by atoms with Crippen molar-refractivity contribution >= 4 is 11.3 Å². The number of likely N-dealkylation sites (N-methyl/N-ethyl adjacent to an activating group) is 1. The molecule has 0 aliphatic heterocycles. The Labute approximate surface area is 96.1 Å². The third kappa shape index (κ3) is 2.41. The van der Waals surface area contributed by atoms with Crippen molar-refractivity contribution in [1.82, 2.24) is 4.90 Å². The zero-order chi connectivity index (χ0) is 10.8. The average molecular weight is 224 g/mol. The van der Waals surface area contributed by atoms with E-state index in [0.29, 0.717) is 6.04 Å². The lowest BCUT2D eigenvalue weighted by atomic mass is 9.99. The van der Waals surface area contributed by atoms with E-state index in [9.17, 15) is 0 Å². The number of hydrogen-bond acceptors (Lipinski definition) is 3. The van der Waals surface area contributed by atoms with E-state index in [-0.39, 0.29) is 6.04 Å². The summed E-state index contributed by atoms with van der Waals surface area (Å²) in [7, 11) is 2.22. The van der Waals surface area contributed by atoms with Gasteiger partial charge in [-0.05, 0) is 48.7 Å². The van der Waals surface area contributed by atoms with Gasteiger partial charge >= 0.3 is 0 Å². The van der Waals surface area contributed by atoms with Gasteiger partial charge in [-0.3, -0.25) is 4.90 Å². The van der Waals surface area contributed by atoms with Crippen molar-refractivity contribution in [3.63, 3.8) is 0 Å². The fourth-order valence-electron chi connectivity index (χ4n) is 2.16. The lowest BCUT2D eigenvalue weighted by Gasteiger charge is -2.32. The van der Waals surface area contributed by atoms with E-state index < -0.39 is 0 Å². The van der Waals surface area contributed by atoms with Gasteiger partial charge in [0.25, 0.3) is 0 Å². The summed E-state index contributed by atoms with van der Waals surface area (Å²) in [5.74, 6) is 0. The van der Waals surface area contributed by atoms with Gasteiger partial charge in [-0.1, -0.05) is 6.92 Å². The van der Waals surface area contributed by atoms with Crippen molar-refractivity contribution in [1.29, 1.82) is 0 Å². The molecule has 1 heterocycles. The van der Waals surface area contributed by atoms with Gasteiger partial charge in [0.15, 0.2) is 0 Å². The topological polar surface area (TPSA) is 29.3 Å². The lowest BCUT2D eigenvalue weighted by molar-refractivity contribution is 0.201. The minimum Gasteiger partial charge on any atom is -0.326 e. The van der Waals surface area contributed by atoms with Gasteiger partial charge in [0.1, 0.15) is 0 Å². The molecule has 15 heavy (non-hydrogen) atoms. The Hall–Kier alpha value is -0.380. The summed E-state index contributed by atoms with van der Waals surface area (Å²) in [4.78, 5) is 2.47. The van der Waals surface area contributed by atoms with E-state index in [1.807, 2.05) is 0 Å². The molecular formula is C12H20N2S. The van der Waals surface area contributed by atoms with Gasteiger partial charge in [-0.25, -0.2) is 0 Å². The van der Waals surface area contributed by atoms with E-state index in [4.69, 9.17) is 5.73 Å². The van der Waals surface area contributed by atoms with Crippen molar-refractivity contribution in [3.8, 4) is 0 Å². The van der Waals surface area contributed by atoms with Crippen LogP contribution in [-0.4, -0.2) is 24.0 Å². The third-order valence-electron chi connectivity index (χ3n) is 3.32. The predicted octanol–water partition coefficient (Wildman–Crippen LogP) is 2.62. The molecule has 0 bridgehead atoms. The number of rotatable bonds is 5. The summed E-state index contributed by atoms with van der Waals surface area (Å²) in [5.41, 5.74) is 7.63. The highest BCUT2D eigenvalue weighted by atomic mass is 32.1. The van der Waals surface area contributed by atoms with Crippen LogP contribution in [0.5, 0.6) is 0 Å². The summed E-state index contributed by atoms with van der Waals surface area (Å²) in [6.07, 6.45) is 3.72. The summed E-state index contributed by atoms with van der Waals surface area (Å²) >= 11 is 1.76. The van der Waals surface area contributed by atoms with Crippen molar-refractivity contribution in [2.45, 2.75) is 44.3 Å². The molecule has 0 aromatic carbocycles. The van der Waals surface area contributed by atoms with Crippen LogP contribution in [0.4, 0.5) is 0 Å². The molecule has 1 aromatic rings. The molecule has 3 heteroatoms. The van der Waals surface area contributed by atoms with Crippen LogP contribution in [0, 0.1) is 0 Å². The normalized spacial score (nSPS) is 20.5. The summed E-state index contributed by atoms with van der Waals surface area (Å²) < 4.78 is 0. The van der Waals surface area contributed by atoms with Crippen LogP contribution in [0.3, 0.4) is 0 Å². The molecule has 2 nitrogen and oxygen atoms in total. The minimum absolute atomic E-state index is 0.255. The third-order valence-corrected chi connectivity index (χ3v) is 4.02. The van der Waals surface area contributed by atoms with E-state index in [1.165, 1.54) is 18.4 Å². The highest BCUT2D eigenvalue weighted by Gasteiger charge is 2.34. The van der Waals surface area contributed by atoms with E-state index in [1.54, 1.807) is 11.3 Å². The first kappa shape index (κ1) is 11.1. The Balaban J connectivity index is 2.15. The summed E-state index contributed by atoms with van der Waals surface area (Å²) in [6, 6.07) is 3.65. The number of nitrogens with two attached hydrogens (primary N) is 1. The minimum atomic E-state index is 0.255. The first-order valence-electron chi connectivity index (χ1n) is 5.73. The molecule has 1 aliphatic carbocycles. The summed E-state index contributed by atoms with van der Waals surface area (Å²) in [5, 5.41) is 4.38. The Bertz CT molecular complexity index is 293. The lowest BCUT2D eigenvalue weighted by Crippen LogP contribution is -2.39. The molecule has 2 N–H and O–H groups in total. The first-order valence-corrected chi connectivity index (χ1v) is 6.68. The highest BCUT2D eigenvalue weighted by molar-refractivity contribution is 7.07. The SMILES string of the molecule is CCC(N)C(c1ccsc1)N(C)C1CC1. The van der Waals surface area contributed by atoms with Crippen molar-refractivity contribution in [3.05, 3.63) is 22.4 Å². The van der Waals surface area contributed by atoms with E-state index in [2.05, 4.69) is 35.7 Å². The maximum Gasteiger partial charge on any atom is 0.0507 e. The second kappa shape index (κ2) is 4.64. The Kier molecular flexibility index (Phi) is 3.44. The van der Waals surface area contributed by atoms with Gasteiger partial charge < -0.3 is 5.73 Å². The maximum atomic E-state index is 6.24. The second-order valence-corrected chi connectivity index (χ2v) is 5.25. The zero-order valence-electron chi connectivity index (χ0n) is 9.52. The molecule has 0 amide bonds. The van der Waals surface area contributed by atoms with Gasteiger partial charge in [0.05, 0.1) is 6.04 Å². The largest absolute Gasteiger partial charge is 0.326 e. The monoisotopic (exact) mass is 224 g/mol. The molecule has 1 aliphatic rings. The van der Waals surface area contributed by atoms with Crippen LogP contribution >= 0.6 is 11.3 Å². The molecular weight excluding hydrogens is 204 g/mol. The Morgan fingerprint density at radius 3 is 2.80 bits per heavy atom. The average Bonchev–Trinajstić information content (AvgIpc) is 2.97. The van der Waals surface area contributed by atoms with Crippen LogP contribution in [0.25, 0.3) is 0 Å². The van der Waals surface area contributed by atoms with Crippen LogP contribution in [-0.2, 0) is 0 Å². The highest BCUT2D eigenvalue weighted by Crippen LogP contribution is 2.35. The van der Waals surface area contributed by atoms with Crippen molar-refractivity contribution in [2.75, 3.05) is 7.05 Å². The predicted molar refractivity (Wildman–Crippen MR) is 66.1 cm³/mol. The van der Waals surface area contributed by atoms with Crippen molar-refractivity contribution < 1.29 is 0 Å². The quantitative estimate of drug-likeness (QED) is 0.833. The fraction of sp³-hybridized carbons (Fsp3) is 0.667. The molecule has 1 aromatic heterocycles. The molecule has 2 unspecified atom stereocenters. The molecule has 0 saturated heterocycles. The molecule has 2 atom stereocenters.